The number of benzene rings is 7. The van der Waals surface area contributed by atoms with E-state index in [0.717, 1.165) is 39.4 Å². The van der Waals surface area contributed by atoms with Crippen LogP contribution in [0.3, 0.4) is 0 Å². The summed E-state index contributed by atoms with van der Waals surface area (Å²) in [5, 5.41) is 2.41. The van der Waals surface area contributed by atoms with Crippen LogP contribution in [-0.2, 0) is 0 Å². The molecule has 8 aromatic rings. The van der Waals surface area contributed by atoms with E-state index in [4.69, 9.17) is 0 Å². The molecule has 238 valence electrons. The monoisotopic (exact) mass is 640 g/mol. The van der Waals surface area contributed by atoms with Crippen LogP contribution >= 0.6 is 0 Å². The van der Waals surface area contributed by atoms with Crippen molar-refractivity contribution in [3.63, 3.8) is 0 Å². The molecule has 50 heavy (non-hydrogen) atoms. The molecule has 0 N–H and O–H groups in total. The standard InChI is InChI=1S/C48H36N2/c1-3-13-35(4-2)38-20-30-43(31-21-38)50-47-19-12-11-18-45(47)46-34-44(32-33-48(46)50)49(41-26-22-39(23-27-41)36-14-7-5-8-15-36)42-28-24-40(25-29-42)37-16-9-6-10-17-37/h3-34H,1-2H2/b35-13+. The van der Waals surface area contributed by atoms with Gasteiger partial charge in [-0.2, -0.15) is 0 Å². The van der Waals surface area contributed by atoms with Crippen molar-refractivity contribution in [3.05, 3.63) is 213 Å². The molecule has 0 fully saturated rings. The van der Waals surface area contributed by atoms with Crippen molar-refractivity contribution in [2.45, 2.75) is 0 Å². The minimum Gasteiger partial charge on any atom is -0.310 e. The molecule has 1 heterocycles. The normalized spacial score (nSPS) is 11.5. The zero-order valence-corrected chi connectivity index (χ0v) is 27.8. The van der Waals surface area contributed by atoms with Gasteiger partial charge in [0.25, 0.3) is 0 Å². The van der Waals surface area contributed by atoms with E-state index in [0.29, 0.717) is 0 Å². The second-order valence-electron chi connectivity index (χ2n) is 12.3. The molecular weight excluding hydrogens is 605 g/mol. The Bertz CT molecular complexity index is 2380. The first-order valence-electron chi connectivity index (χ1n) is 16.9. The molecular formula is C48H36N2. The molecule has 1 aromatic heterocycles. The molecule has 0 unspecified atom stereocenters. The maximum absolute atomic E-state index is 3.99. The second-order valence-corrected chi connectivity index (χ2v) is 12.3. The molecule has 8 rings (SSSR count). The summed E-state index contributed by atoms with van der Waals surface area (Å²) in [4.78, 5) is 2.35. The summed E-state index contributed by atoms with van der Waals surface area (Å²) in [5.74, 6) is 0. The van der Waals surface area contributed by atoms with Crippen LogP contribution < -0.4 is 4.90 Å². The van der Waals surface area contributed by atoms with Gasteiger partial charge in [-0.3, -0.25) is 0 Å². The minimum absolute atomic E-state index is 1.05. The van der Waals surface area contributed by atoms with Gasteiger partial charge in [-0.15, -0.1) is 0 Å². The van der Waals surface area contributed by atoms with Crippen molar-refractivity contribution in [3.8, 4) is 27.9 Å². The van der Waals surface area contributed by atoms with Gasteiger partial charge in [0.05, 0.1) is 11.0 Å². The van der Waals surface area contributed by atoms with Crippen LogP contribution in [0.5, 0.6) is 0 Å². The van der Waals surface area contributed by atoms with E-state index >= 15 is 0 Å². The number of hydrogen-bond donors (Lipinski definition) is 0. The Labute approximate surface area is 293 Å². The van der Waals surface area contributed by atoms with Gasteiger partial charge in [0.15, 0.2) is 0 Å². The second kappa shape index (κ2) is 13.5. The van der Waals surface area contributed by atoms with Crippen molar-refractivity contribution >= 4 is 44.4 Å². The SMILES string of the molecule is C=C/C=C(\C=C)c1ccc(-n2c3ccccc3c3cc(N(c4ccc(-c5ccccc5)cc4)c4ccc(-c5ccccc5)cc4)ccc32)cc1. The van der Waals surface area contributed by atoms with E-state index < -0.39 is 0 Å². The quantitative estimate of drug-likeness (QED) is 0.143. The Balaban J connectivity index is 1.26. The molecule has 0 aliphatic rings. The van der Waals surface area contributed by atoms with Gasteiger partial charge in [0.1, 0.15) is 0 Å². The number of fused-ring (bicyclic) bond motifs is 3. The maximum Gasteiger partial charge on any atom is 0.0542 e. The maximum atomic E-state index is 3.99. The number of allylic oxidation sites excluding steroid dienone is 4. The van der Waals surface area contributed by atoms with Crippen molar-refractivity contribution in [2.75, 3.05) is 4.90 Å². The van der Waals surface area contributed by atoms with Crippen LogP contribution in [0.4, 0.5) is 17.1 Å². The van der Waals surface area contributed by atoms with Gasteiger partial charge < -0.3 is 9.47 Å². The van der Waals surface area contributed by atoms with Crippen LogP contribution in [0.1, 0.15) is 5.56 Å². The number of anilines is 3. The lowest BCUT2D eigenvalue weighted by Gasteiger charge is -2.26. The number of aromatic nitrogens is 1. The number of nitrogens with zero attached hydrogens (tertiary/aromatic N) is 2. The number of hydrogen-bond acceptors (Lipinski definition) is 1. The lowest BCUT2D eigenvalue weighted by Crippen LogP contribution is -2.10. The number of para-hydroxylation sites is 1. The summed E-state index contributed by atoms with van der Waals surface area (Å²) in [6, 6.07) is 63.0. The highest BCUT2D eigenvalue weighted by Crippen LogP contribution is 2.41. The van der Waals surface area contributed by atoms with Crippen molar-refractivity contribution < 1.29 is 0 Å². The van der Waals surface area contributed by atoms with Crippen molar-refractivity contribution in [1.29, 1.82) is 0 Å². The summed E-state index contributed by atoms with van der Waals surface area (Å²) >= 11 is 0. The lowest BCUT2D eigenvalue weighted by molar-refractivity contribution is 1.18. The largest absolute Gasteiger partial charge is 0.310 e. The predicted molar refractivity (Wildman–Crippen MR) is 215 cm³/mol. The van der Waals surface area contributed by atoms with E-state index in [1.807, 2.05) is 12.2 Å². The fourth-order valence-electron chi connectivity index (χ4n) is 6.90. The fraction of sp³-hybridized carbons (Fsp3) is 0. The molecule has 0 atom stereocenters. The predicted octanol–water partition coefficient (Wildman–Crippen LogP) is 13.3. The van der Waals surface area contributed by atoms with Crippen molar-refractivity contribution in [1.82, 2.24) is 4.57 Å². The highest BCUT2D eigenvalue weighted by atomic mass is 15.1. The number of rotatable bonds is 9. The third-order valence-electron chi connectivity index (χ3n) is 9.36. The zero-order valence-electron chi connectivity index (χ0n) is 27.8. The van der Waals surface area contributed by atoms with E-state index in [1.165, 1.54) is 38.5 Å². The van der Waals surface area contributed by atoms with E-state index in [9.17, 15) is 0 Å². The zero-order chi connectivity index (χ0) is 33.9. The summed E-state index contributed by atoms with van der Waals surface area (Å²) < 4.78 is 2.36. The Kier molecular flexibility index (Phi) is 8.26. The van der Waals surface area contributed by atoms with Crippen LogP contribution in [0, 0.1) is 0 Å². The first kappa shape index (κ1) is 30.7. The van der Waals surface area contributed by atoms with Crippen LogP contribution in [0.15, 0.2) is 207 Å². The summed E-state index contributed by atoms with van der Waals surface area (Å²) in [6.45, 7) is 7.85. The first-order valence-corrected chi connectivity index (χ1v) is 16.9. The Morgan fingerprint density at radius 1 is 0.460 bits per heavy atom. The molecule has 0 bridgehead atoms. The Morgan fingerprint density at radius 2 is 0.960 bits per heavy atom. The van der Waals surface area contributed by atoms with Crippen LogP contribution in [0.25, 0.3) is 55.3 Å². The summed E-state index contributed by atoms with van der Waals surface area (Å²) in [5.41, 5.74) is 13.7. The van der Waals surface area contributed by atoms with Gasteiger partial charge in [0, 0.05) is 33.5 Å². The van der Waals surface area contributed by atoms with Gasteiger partial charge >= 0.3 is 0 Å². The molecule has 0 radical (unpaired) electrons. The van der Waals surface area contributed by atoms with Crippen molar-refractivity contribution in [2.24, 2.45) is 0 Å². The third-order valence-corrected chi connectivity index (χ3v) is 9.36. The van der Waals surface area contributed by atoms with Gasteiger partial charge in [-0.25, -0.2) is 0 Å². The van der Waals surface area contributed by atoms with Gasteiger partial charge in [-0.05, 0) is 94.1 Å². The molecule has 0 saturated heterocycles. The van der Waals surface area contributed by atoms with E-state index in [1.54, 1.807) is 6.08 Å². The molecule has 2 nitrogen and oxygen atoms in total. The highest BCUT2D eigenvalue weighted by Gasteiger charge is 2.18. The van der Waals surface area contributed by atoms with E-state index in [-0.39, 0.29) is 0 Å². The summed E-state index contributed by atoms with van der Waals surface area (Å²) in [6.07, 6.45) is 5.66. The first-order chi connectivity index (χ1) is 24.7. The fourth-order valence-corrected chi connectivity index (χ4v) is 6.90. The summed E-state index contributed by atoms with van der Waals surface area (Å²) in [7, 11) is 0. The molecule has 0 spiro atoms. The third kappa shape index (κ3) is 5.74. The average Bonchev–Trinajstić information content (AvgIpc) is 3.52. The van der Waals surface area contributed by atoms with Crippen LogP contribution in [0.2, 0.25) is 0 Å². The Morgan fingerprint density at radius 3 is 1.52 bits per heavy atom. The molecule has 7 aromatic carbocycles. The molecule has 0 amide bonds. The van der Waals surface area contributed by atoms with Crippen LogP contribution in [-0.4, -0.2) is 4.57 Å². The van der Waals surface area contributed by atoms with E-state index in [2.05, 4.69) is 199 Å². The molecule has 2 heteroatoms. The topological polar surface area (TPSA) is 8.17 Å². The average molecular weight is 641 g/mol. The smallest absolute Gasteiger partial charge is 0.0542 e. The molecule has 0 saturated carbocycles. The Hall–Kier alpha value is -6.64. The highest BCUT2D eigenvalue weighted by molar-refractivity contribution is 6.10. The molecule has 0 aliphatic carbocycles. The minimum atomic E-state index is 1.05. The lowest BCUT2D eigenvalue weighted by atomic mass is 10.0. The molecule has 0 aliphatic heterocycles. The van der Waals surface area contributed by atoms with Gasteiger partial charge in [0.2, 0.25) is 0 Å². The van der Waals surface area contributed by atoms with Gasteiger partial charge in [-0.1, -0.05) is 147 Å².